The molecule has 0 fully saturated rings. The summed E-state index contributed by atoms with van der Waals surface area (Å²) >= 11 is 0. The van der Waals surface area contributed by atoms with Gasteiger partial charge in [-0.2, -0.15) is 0 Å². The van der Waals surface area contributed by atoms with E-state index < -0.39 is 11.9 Å². The van der Waals surface area contributed by atoms with E-state index in [0.29, 0.717) is 17.1 Å². The van der Waals surface area contributed by atoms with Crippen molar-refractivity contribution in [1.29, 1.82) is 0 Å². The molecular weight excluding hydrogens is 326 g/mol. The maximum Gasteiger partial charge on any atom is 0.228 e. The SMILES string of the molecule is COc1ccccc1CC(=O)Nc1cc(OC)c(OC)cc1C(=O)[O-]. The molecule has 0 saturated heterocycles. The molecule has 25 heavy (non-hydrogen) atoms. The van der Waals surface area contributed by atoms with Gasteiger partial charge in [-0.3, -0.25) is 4.79 Å². The molecule has 0 radical (unpaired) electrons. The highest BCUT2D eigenvalue weighted by molar-refractivity contribution is 6.01. The first-order chi connectivity index (χ1) is 12.0. The van der Waals surface area contributed by atoms with Gasteiger partial charge in [0, 0.05) is 17.2 Å². The first kappa shape index (κ1) is 18.1. The lowest BCUT2D eigenvalue weighted by atomic mass is 10.1. The van der Waals surface area contributed by atoms with Crippen LogP contribution in [0.4, 0.5) is 5.69 Å². The quantitative estimate of drug-likeness (QED) is 0.812. The normalized spacial score (nSPS) is 10.0. The fraction of sp³-hybridized carbons (Fsp3) is 0.222. The molecule has 132 valence electrons. The van der Waals surface area contributed by atoms with E-state index in [2.05, 4.69) is 5.32 Å². The molecule has 7 heteroatoms. The molecule has 1 amide bonds. The Morgan fingerprint density at radius 2 is 1.56 bits per heavy atom. The Kier molecular flexibility index (Phi) is 5.84. The van der Waals surface area contributed by atoms with Crippen molar-refractivity contribution in [3.05, 3.63) is 47.5 Å². The Morgan fingerprint density at radius 1 is 0.960 bits per heavy atom. The van der Waals surface area contributed by atoms with E-state index in [9.17, 15) is 14.7 Å². The van der Waals surface area contributed by atoms with Gasteiger partial charge in [0.05, 0.1) is 39.4 Å². The summed E-state index contributed by atoms with van der Waals surface area (Å²) in [4.78, 5) is 23.7. The number of ether oxygens (including phenoxy) is 3. The van der Waals surface area contributed by atoms with Crippen molar-refractivity contribution in [2.75, 3.05) is 26.6 Å². The predicted molar refractivity (Wildman–Crippen MR) is 89.2 cm³/mol. The van der Waals surface area contributed by atoms with E-state index >= 15 is 0 Å². The van der Waals surface area contributed by atoms with Crippen LogP contribution < -0.4 is 24.6 Å². The molecule has 7 nitrogen and oxygen atoms in total. The molecule has 2 aromatic carbocycles. The van der Waals surface area contributed by atoms with E-state index in [0.717, 1.165) is 0 Å². The second-order valence-corrected chi connectivity index (χ2v) is 5.08. The fourth-order valence-electron chi connectivity index (χ4n) is 2.37. The molecule has 2 rings (SSSR count). The number of anilines is 1. The van der Waals surface area contributed by atoms with Crippen LogP contribution in [0, 0.1) is 0 Å². The zero-order chi connectivity index (χ0) is 18.4. The first-order valence-corrected chi connectivity index (χ1v) is 7.39. The average molecular weight is 344 g/mol. The number of carboxylic acid groups (broad SMARTS) is 1. The summed E-state index contributed by atoms with van der Waals surface area (Å²) in [5.74, 6) is -0.748. The number of carboxylic acids is 1. The number of carbonyl (C=O) groups is 2. The summed E-state index contributed by atoms with van der Waals surface area (Å²) < 4.78 is 15.4. The monoisotopic (exact) mass is 344 g/mol. The maximum absolute atomic E-state index is 12.3. The highest BCUT2D eigenvalue weighted by Crippen LogP contribution is 2.33. The summed E-state index contributed by atoms with van der Waals surface area (Å²) in [7, 11) is 4.31. The van der Waals surface area contributed by atoms with Crippen LogP contribution in [-0.2, 0) is 11.2 Å². The Labute approximate surface area is 145 Å². The minimum absolute atomic E-state index is 0.0187. The van der Waals surface area contributed by atoms with Crippen molar-refractivity contribution in [2.45, 2.75) is 6.42 Å². The van der Waals surface area contributed by atoms with E-state index in [1.165, 1.54) is 33.5 Å². The Morgan fingerprint density at radius 3 is 2.16 bits per heavy atom. The number of carbonyl (C=O) groups excluding carboxylic acids is 2. The molecule has 1 N–H and O–H groups in total. The number of hydrogen-bond donors (Lipinski definition) is 1. The molecule has 0 aromatic heterocycles. The zero-order valence-electron chi connectivity index (χ0n) is 14.1. The van der Waals surface area contributed by atoms with Crippen molar-refractivity contribution in [1.82, 2.24) is 0 Å². The van der Waals surface area contributed by atoms with Crippen LogP contribution in [0.25, 0.3) is 0 Å². The maximum atomic E-state index is 12.3. The summed E-state index contributed by atoms with van der Waals surface area (Å²) in [6, 6.07) is 9.70. The van der Waals surface area contributed by atoms with Gasteiger partial charge in [0.15, 0.2) is 11.5 Å². The van der Waals surface area contributed by atoms with Gasteiger partial charge >= 0.3 is 0 Å². The molecule has 0 aliphatic rings. The van der Waals surface area contributed by atoms with Crippen molar-refractivity contribution in [3.8, 4) is 17.2 Å². The third-order valence-corrected chi connectivity index (χ3v) is 3.56. The number of nitrogens with one attached hydrogen (secondary N) is 1. The third kappa shape index (κ3) is 4.20. The lowest BCUT2D eigenvalue weighted by Crippen LogP contribution is -2.25. The molecule has 0 heterocycles. The first-order valence-electron chi connectivity index (χ1n) is 7.39. The molecule has 0 atom stereocenters. The van der Waals surface area contributed by atoms with E-state index in [1.807, 2.05) is 0 Å². The van der Waals surface area contributed by atoms with Crippen molar-refractivity contribution < 1.29 is 28.9 Å². The summed E-state index contributed by atoms with van der Waals surface area (Å²) in [6.45, 7) is 0. The van der Waals surface area contributed by atoms with Gasteiger partial charge < -0.3 is 29.4 Å². The molecule has 0 aliphatic carbocycles. The van der Waals surface area contributed by atoms with E-state index in [4.69, 9.17) is 14.2 Å². The summed E-state index contributed by atoms with van der Waals surface area (Å²) in [5, 5.41) is 13.9. The second-order valence-electron chi connectivity index (χ2n) is 5.08. The van der Waals surface area contributed by atoms with Crippen LogP contribution in [0.1, 0.15) is 15.9 Å². The number of rotatable bonds is 7. The van der Waals surface area contributed by atoms with Crippen LogP contribution in [0.15, 0.2) is 36.4 Å². The second kappa shape index (κ2) is 8.05. The fourth-order valence-corrected chi connectivity index (χ4v) is 2.37. The number of amides is 1. The van der Waals surface area contributed by atoms with Crippen molar-refractivity contribution in [2.24, 2.45) is 0 Å². The van der Waals surface area contributed by atoms with Crippen LogP contribution >= 0.6 is 0 Å². The largest absolute Gasteiger partial charge is 0.545 e. The highest BCUT2D eigenvalue weighted by atomic mass is 16.5. The predicted octanol–water partition coefficient (Wildman–Crippen LogP) is 1.26. The Hall–Kier alpha value is -3.22. The number of para-hydroxylation sites is 1. The van der Waals surface area contributed by atoms with E-state index in [1.54, 1.807) is 24.3 Å². The molecule has 0 spiro atoms. The lowest BCUT2D eigenvalue weighted by Gasteiger charge is -2.16. The molecule has 0 unspecified atom stereocenters. The zero-order valence-corrected chi connectivity index (χ0v) is 14.1. The Bertz CT molecular complexity index is 787. The third-order valence-electron chi connectivity index (χ3n) is 3.56. The van der Waals surface area contributed by atoms with Crippen LogP contribution in [0.5, 0.6) is 17.2 Å². The highest BCUT2D eigenvalue weighted by Gasteiger charge is 2.15. The van der Waals surface area contributed by atoms with Gasteiger partial charge in [0.25, 0.3) is 0 Å². The molecule has 0 saturated carbocycles. The average Bonchev–Trinajstić information content (AvgIpc) is 2.61. The van der Waals surface area contributed by atoms with Gasteiger partial charge in [0.1, 0.15) is 5.75 Å². The van der Waals surface area contributed by atoms with Gasteiger partial charge in [-0.25, -0.2) is 0 Å². The van der Waals surface area contributed by atoms with Gasteiger partial charge in [-0.1, -0.05) is 18.2 Å². The number of methoxy groups -OCH3 is 3. The molecular formula is C18H18NO6-. The van der Waals surface area contributed by atoms with Crippen molar-refractivity contribution in [3.63, 3.8) is 0 Å². The minimum atomic E-state index is -1.44. The van der Waals surface area contributed by atoms with E-state index in [-0.39, 0.29) is 23.4 Å². The van der Waals surface area contributed by atoms with Gasteiger partial charge in [0.2, 0.25) is 5.91 Å². The lowest BCUT2D eigenvalue weighted by molar-refractivity contribution is -0.254. The smallest absolute Gasteiger partial charge is 0.228 e. The van der Waals surface area contributed by atoms with Crippen molar-refractivity contribution >= 4 is 17.6 Å². The van der Waals surface area contributed by atoms with Gasteiger partial charge in [-0.15, -0.1) is 0 Å². The molecule has 0 bridgehead atoms. The topological polar surface area (TPSA) is 96.9 Å². The van der Waals surface area contributed by atoms with Crippen LogP contribution in [0.3, 0.4) is 0 Å². The molecule has 2 aromatic rings. The number of benzene rings is 2. The number of aromatic carboxylic acids is 1. The van der Waals surface area contributed by atoms with Crippen LogP contribution in [0.2, 0.25) is 0 Å². The Balaban J connectivity index is 2.29. The minimum Gasteiger partial charge on any atom is -0.545 e. The number of hydrogen-bond acceptors (Lipinski definition) is 6. The summed E-state index contributed by atoms with van der Waals surface area (Å²) in [6.07, 6.45) is 0.0187. The van der Waals surface area contributed by atoms with Gasteiger partial charge in [-0.05, 0) is 12.1 Å². The summed E-state index contributed by atoms with van der Waals surface area (Å²) in [5.41, 5.74) is 0.543. The standard InChI is InChI=1S/C18H19NO6/c1-23-14-7-5-4-6-11(14)8-17(20)19-13-10-16(25-3)15(24-2)9-12(13)18(21)22/h4-7,9-10H,8H2,1-3H3,(H,19,20)(H,21,22)/p-1. The molecule has 0 aliphatic heterocycles. The van der Waals surface area contributed by atoms with Crippen LogP contribution in [-0.4, -0.2) is 33.2 Å².